The lowest BCUT2D eigenvalue weighted by molar-refractivity contribution is 0.0683. The Balaban J connectivity index is 2.84. The normalized spacial score (nSPS) is 10.8. The standard InChI is InChI=1S/C12H13NO3S/c1-13-9-5-4-7(16-2)6-8(9)11(17-3)10(13)12(14)15/h4-6H,1-3H3,(H,14,15). The molecule has 0 aliphatic carbocycles. The van der Waals surface area contributed by atoms with Crippen LogP contribution in [0, 0.1) is 0 Å². The maximum atomic E-state index is 11.3. The number of aromatic carboxylic acids is 1. The zero-order chi connectivity index (χ0) is 12.6. The SMILES string of the molecule is COc1ccc2c(c1)c(SC)c(C(=O)O)n2C. The minimum Gasteiger partial charge on any atom is -0.497 e. The average molecular weight is 251 g/mol. The average Bonchev–Trinajstić information content (AvgIpc) is 2.61. The molecule has 0 bridgehead atoms. The van der Waals surface area contributed by atoms with Crippen molar-refractivity contribution in [1.82, 2.24) is 4.57 Å². The van der Waals surface area contributed by atoms with Crippen molar-refractivity contribution in [3.8, 4) is 5.75 Å². The van der Waals surface area contributed by atoms with Crippen molar-refractivity contribution in [2.75, 3.05) is 13.4 Å². The first kappa shape index (κ1) is 11.9. The second kappa shape index (κ2) is 4.33. The van der Waals surface area contributed by atoms with E-state index in [4.69, 9.17) is 4.74 Å². The van der Waals surface area contributed by atoms with Crippen LogP contribution in [-0.4, -0.2) is 29.0 Å². The summed E-state index contributed by atoms with van der Waals surface area (Å²) in [4.78, 5) is 12.0. The van der Waals surface area contributed by atoms with Crippen molar-refractivity contribution in [2.45, 2.75) is 4.90 Å². The Kier molecular flexibility index (Phi) is 3.02. The monoisotopic (exact) mass is 251 g/mol. The first-order valence-corrected chi connectivity index (χ1v) is 6.26. The van der Waals surface area contributed by atoms with E-state index in [2.05, 4.69) is 0 Å². The minimum absolute atomic E-state index is 0.320. The molecule has 1 N–H and O–H groups in total. The summed E-state index contributed by atoms with van der Waals surface area (Å²) in [6, 6.07) is 5.58. The Labute approximate surface area is 103 Å². The fourth-order valence-corrected chi connectivity index (χ4v) is 2.77. The lowest BCUT2D eigenvalue weighted by atomic mass is 10.2. The molecule has 0 saturated carbocycles. The van der Waals surface area contributed by atoms with Gasteiger partial charge >= 0.3 is 5.97 Å². The van der Waals surface area contributed by atoms with Crippen molar-refractivity contribution in [2.24, 2.45) is 7.05 Å². The minimum atomic E-state index is -0.910. The van der Waals surface area contributed by atoms with Crippen molar-refractivity contribution >= 4 is 28.6 Å². The first-order valence-electron chi connectivity index (χ1n) is 5.03. The quantitative estimate of drug-likeness (QED) is 0.852. The van der Waals surface area contributed by atoms with Gasteiger partial charge in [-0.25, -0.2) is 4.79 Å². The smallest absolute Gasteiger partial charge is 0.353 e. The predicted octanol–water partition coefficient (Wildman–Crippen LogP) is 2.61. The van der Waals surface area contributed by atoms with E-state index in [1.54, 1.807) is 18.7 Å². The third kappa shape index (κ3) is 1.76. The van der Waals surface area contributed by atoms with Crippen molar-refractivity contribution in [3.63, 3.8) is 0 Å². The summed E-state index contributed by atoms with van der Waals surface area (Å²) in [5.41, 5.74) is 1.22. The van der Waals surface area contributed by atoms with Crippen molar-refractivity contribution in [1.29, 1.82) is 0 Å². The van der Waals surface area contributed by atoms with Gasteiger partial charge in [0.25, 0.3) is 0 Å². The van der Waals surface area contributed by atoms with Gasteiger partial charge in [-0.3, -0.25) is 0 Å². The van der Waals surface area contributed by atoms with Crippen LogP contribution in [0.15, 0.2) is 23.1 Å². The zero-order valence-electron chi connectivity index (χ0n) is 9.85. The number of rotatable bonds is 3. The number of aryl methyl sites for hydroxylation is 1. The Morgan fingerprint density at radius 2 is 2.18 bits per heavy atom. The molecule has 0 radical (unpaired) electrons. The molecule has 0 atom stereocenters. The van der Waals surface area contributed by atoms with Crippen LogP contribution in [0.3, 0.4) is 0 Å². The molecule has 1 aromatic heterocycles. The molecule has 1 heterocycles. The molecule has 0 amide bonds. The molecule has 0 aliphatic rings. The number of benzene rings is 1. The highest BCUT2D eigenvalue weighted by molar-refractivity contribution is 7.99. The number of aromatic nitrogens is 1. The summed E-state index contributed by atoms with van der Waals surface area (Å²) >= 11 is 1.44. The maximum Gasteiger partial charge on any atom is 0.353 e. The number of hydrogen-bond acceptors (Lipinski definition) is 3. The number of hydrogen-bond donors (Lipinski definition) is 1. The van der Waals surface area contributed by atoms with Crippen LogP contribution in [0.1, 0.15) is 10.5 Å². The molecular formula is C12H13NO3S. The van der Waals surface area contributed by atoms with E-state index in [1.807, 2.05) is 24.5 Å². The van der Waals surface area contributed by atoms with Crippen LogP contribution in [0.5, 0.6) is 5.75 Å². The van der Waals surface area contributed by atoms with E-state index in [-0.39, 0.29) is 0 Å². The predicted molar refractivity (Wildman–Crippen MR) is 68.2 cm³/mol. The molecule has 0 spiro atoms. The lowest BCUT2D eigenvalue weighted by Crippen LogP contribution is -2.05. The van der Waals surface area contributed by atoms with E-state index in [0.717, 1.165) is 21.5 Å². The molecule has 0 unspecified atom stereocenters. The topological polar surface area (TPSA) is 51.5 Å². The summed E-state index contributed by atoms with van der Waals surface area (Å²) in [5, 5.41) is 10.2. The zero-order valence-corrected chi connectivity index (χ0v) is 10.7. The molecular weight excluding hydrogens is 238 g/mol. The molecule has 0 aliphatic heterocycles. The summed E-state index contributed by atoms with van der Waals surface area (Å²) in [6.45, 7) is 0. The van der Waals surface area contributed by atoms with Crippen LogP contribution in [-0.2, 0) is 7.05 Å². The number of carbonyl (C=O) groups is 1. The maximum absolute atomic E-state index is 11.3. The van der Waals surface area contributed by atoms with Gasteiger partial charge in [0.1, 0.15) is 11.4 Å². The van der Waals surface area contributed by atoms with Crippen LogP contribution in [0.4, 0.5) is 0 Å². The van der Waals surface area contributed by atoms with Gasteiger partial charge in [-0.1, -0.05) is 0 Å². The van der Waals surface area contributed by atoms with E-state index < -0.39 is 5.97 Å². The van der Waals surface area contributed by atoms with Gasteiger partial charge < -0.3 is 14.4 Å². The summed E-state index contributed by atoms with van der Waals surface area (Å²) < 4.78 is 6.86. The molecule has 90 valence electrons. The van der Waals surface area contributed by atoms with Gasteiger partial charge in [-0.2, -0.15) is 0 Å². The number of methoxy groups -OCH3 is 1. The van der Waals surface area contributed by atoms with Crippen LogP contribution >= 0.6 is 11.8 Å². The highest BCUT2D eigenvalue weighted by Gasteiger charge is 2.20. The van der Waals surface area contributed by atoms with Gasteiger partial charge in [0.2, 0.25) is 0 Å². The van der Waals surface area contributed by atoms with Gasteiger partial charge in [0.15, 0.2) is 0 Å². The second-order valence-electron chi connectivity index (χ2n) is 3.63. The molecule has 2 aromatic rings. The van der Waals surface area contributed by atoms with E-state index in [0.29, 0.717) is 5.69 Å². The highest BCUT2D eigenvalue weighted by atomic mass is 32.2. The fourth-order valence-electron chi connectivity index (χ4n) is 1.96. The number of nitrogens with zero attached hydrogens (tertiary/aromatic N) is 1. The molecule has 0 saturated heterocycles. The Bertz CT molecular complexity index is 589. The molecule has 17 heavy (non-hydrogen) atoms. The van der Waals surface area contributed by atoms with Crippen molar-refractivity contribution in [3.05, 3.63) is 23.9 Å². The van der Waals surface area contributed by atoms with Crippen LogP contribution in [0.25, 0.3) is 10.9 Å². The molecule has 2 rings (SSSR count). The number of carboxylic acid groups (broad SMARTS) is 1. The number of fused-ring (bicyclic) bond motifs is 1. The Hall–Kier alpha value is -1.62. The Morgan fingerprint density at radius 3 is 2.71 bits per heavy atom. The van der Waals surface area contributed by atoms with E-state index >= 15 is 0 Å². The summed E-state index contributed by atoms with van der Waals surface area (Å²) in [5.74, 6) is -0.178. The Morgan fingerprint density at radius 1 is 1.47 bits per heavy atom. The van der Waals surface area contributed by atoms with Crippen LogP contribution < -0.4 is 4.74 Å². The van der Waals surface area contributed by atoms with Gasteiger partial charge in [0, 0.05) is 22.8 Å². The molecule has 5 heteroatoms. The van der Waals surface area contributed by atoms with Gasteiger partial charge in [-0.15, -0.1) is 11.8 Å². The fraction of sp³-hybridized carbons (Fsp3) is 0.250. The number of ether oxygens (including phenoxy) is 1. The molecule has 4 nitrogen and oxygen atoms in total. The van der Waals surface area contributed by atoms with Crippen molar-refractivity contribution < 1.29 is 14.6 Å². The number of thioether (sulfide) groups is 1. The lowest BCUT2D eigenvalue weighted by Gasteiger charge is -2.00. The molecule has 0 fully saturated rings. The third-order valence-corrected chi connectivity index (χ3v) is 3.59. The largest absolute Gasteiger partial charge is 0.497 e. The molecule has 1 aromatic carbocycles. The van der Waals surface area contributed by atoms with E-state index in [1.165, 1.54) is 11.8 Å². The summed E-state index contributed by atoms with van der Waals surface area (Å²) in [6.07, 6.45) is 1.88. The second-order valence-corrected chi connectivity index (χ2v) is 4.45. The van der Waals surface area contributed by atoms with E-state index in [9.17, 15) is 9.90 Å². The van der Waals surface area contributed by atoms with Gasteiger partial charge in [-0.05, 0) is 24.5 Å². The highest BCUT2D eigenvalue weighted by Crippen LogP contribution is 2.34. The first-order chi connectivity index (χ1) is 8.10. The van der Waals surface area contributed by atoms with Gasteiger partial charge in [0.05, 0.1) is 7.11 Å². The van der Waals surface area contributed by atoms with Crippen LogP contribution in [0.2, 0.25) is 0 Å². The third-order valence-electron chi connectivity index (χ3n) is 2.77. The summed E-state index contributed by atoms with van der Waals surface area (Å²) in [7, 11) is 3.36. The number of carboxylic acids is 1.